The molecule has 2 aliphatic heterocycles. The average Bonchev–Trinajstić information content (AvgIpc) is 3.51. The van der Waals surface area contributed by atoms with Gasteiger partial charge in [0.15, 0.2) is 0 Å². The Labute approximate surface area is 265 Å². The summed E-state index contributed by atoms with van der Waals surface area (Å²) < 4.78 is 0. The van der Waals surface area contributed by atoms with E-state index in [1.807, 2.05) is 41.5 Å². The SMILES string of the molecule is CC.CC.CC.CC=CCC1CC=CC=C1C1=CC=CCN1.CCN1C(c2ccccc2C)C=CC1c1ccccc1C. The van der Waals surface area contributed by atoms with Crippen LogP contribution in [0.2, 0.25) is 0 Å². The number of likely N-dealkylation sites (N-methyl/N-ethyl adjacent to an activating group) is 1. The smallest absolute Gasteiger partial charge is 0.0543 e. The quantitative estimate of drug-likeness (QED) is 0.342. The number of hydrogen-bond donors (Lipinski definition) is 1. The third kappa shape index (κ3) is 11.0. The van der Waals surface area contributed by atoms with Gasteiger partial charge in [0.1, 0.15) is 0 Å². The first-order chi connectivity index (χ1) is 21.1. The molecule has 0 aromatic heterocycles. The van der Waals surface area contributed by atoms with Crippen LogP contribution in [-0.2, 0) is 0 Å². The van der Waals surface area contributed by atoms with Crippen molar-refractivity contribution in [3.05, 3.63) is 143 Å². The lowest BCUT2D eigenvalue weighted by Crippen LogP contribution is -2.27. The van der Waals surface area contributed by atoms with E-state index in [1.165, 1.54) is 33.5 Å². The fourth-order valence-electron chi connectivity index (χ4n) is 5.57. The average molecular weight is 581 g/mol. The van der Waals surface area contributed by atoms with Gasteiger partial charge in [-0.05, 0) is 80.0 Å². The van der Waals surface area contributed by atoms with Crippen molar-refractivity contribution in [3.63, 3.8) is 0 Å². The van der Waals surface area contributed by atoms with Crippen molar-refractivity contribution < 1.29 is 0 Å². The highest BCUT2D eigenvalue weighted by molar-refractivity contribution is 5.41. The molecular weight excluding hydrogens is 520 g/mol. The minimum Gasteiger partial charge on any atom is -0.381 e. The van der Waals surface area contributed by atoms with E-state index >= 15 is 0 Å². The van der Waals surface area contributed by atoms with E-state index in [-0.39, 0.29) is 0 Å². The number of dihydropyridines is 1. The molecule has 2 heterocycles. The van der Waals surface area contributed by atoms with Crippen molar-refractivity contribution in [2.45, 2.75) is 94.2 Å². The Kier molecular flexibility index (Phi) is 19.5. The van der Waals surface area contributed by atoms with Gasteiger partial charge in [0, 0.05) is 12.2 Å². The normalized spacial score (nSPS) is 20.1. The summed E-state index contributed by atoms with van der Waals surface area (Å²) in [5, 5.41) is 3.44. The van der Waals surface area contributed by atoms with Crippen LogP contribution in [0.4, 0.5) is 0 Å². The van der Waals surface area contributed by atoms with Gasteiger partial charge in [-0.3, -0.25) is 4.90 Å². The molecule has 0 spiro atoms. The molecule has 1 N–H and O–H groups in total. The van der Waals surface area contributed by atoms with Crippen LogP contribution in [0.15, 0.2) is 121 Å². The van der Waals surface area contributed by atoms with Gasteiger partial charge in [0.25, 0.3) is 0 Å². The molecule has 234 valence electrons. The first-order valence-corrected chi connectivity index (χ1v) is 16.8. The Hall–Kier alpha value is -3.36. The first-order valence-electron chi connectivity index (χ1n) is 16.8. The number of aryl methyl sites for hydroxylation is 2. The summed E-state index contributed by atoms with van der Waals surface area (Å²) in [6.45, 7) is 22.7. The Balaban J connectivity index is 0.000000376. The maximum absolute atomic E-state index is 3.44. The second kappa shape index (κ2) is 22.2. The van der Waals surface area contributed by atoms with Crippen LogP contribution in [-0.4, -0.2) is 18.0 Å². The zero-order valence-electron chi connectivity index (χ0n) is 28.9. The van der Waals surface area contributed by atoms with Crippen molar-refractivity contribution in [1.82, 2.24) is 10.2 Å². The van der Waals surface area contributed by atoms with Gasteiger partial charge in [0.2, 0.25) is 0 Å². The van der Waals surface area contributed by atoms with Gasteiger partial charge >= 0.3 is 0 Å². The molecule has 0 bridgehead atoms. The number of hydrogen-bond acceptors (Lipinski definition) is 2. The van der Waals surface area contributed by atoms with Crippen LogP contribution < -0.4 is 5.32 Å². The maximum Gasteiger partial charge on any atom is 0.0543 e. The molecule has 0 fully saturated rings. The minimum atomic E-state index is 0.390. The summed E-state index contributed by atoms with van der Waals surface area (Å²) >= 11 is 0. The molecule has 3 aliphatic rings. The van der Waals surface area contributed by atoms with Gasteiger partial charge in [-0.25, -0.2) is 0 Å². The topological polar surface area (TPSA) is 15.3 Å². The van der Waals surface area contributed by atoms with Crippen molar-refractivity contribution in [1.29, 1.82) is 0 Å². The molecule has 0 amide bonds. The molecule has 3 atom stereocenters. The standard InChI is InChI=1S/C20H23N.C15H19N.3C2H6/c1-4-21-19(17-11-7-5-9-15(17)2)13-14-20(21)18-12-8-6-10-16(18)3;1-2-3-8-13-9-4-5-10-14(13)15-11-6-7-12-16-15;3*1-2/h5-14,19-20H,4H2,1-3H3;2-7,10-11,13,16H,8-9,12H2,1H3;3*1-2H3. The van der Waals surface area contributed by atoms with E-state index in [1.54, 1.807) is 0 Å². The van der Waals surface area contributed by atoms with E-state index in [4.69, 9.17) is 0 Å². The highest BCUT2D eigenvalue weighted by atomic mass is 15.2. The van der Waals surface area contributed by atoms with Crippen molar-refractivity contribution in [2.24, 2.45) is 5.92 Å². The highest BCUT2D eigenvalue weighted by Gasteiger charge is 2.30. The molecule has 2 heteroatoms. The van der Waals surface area contributed by atoms with Gasteiger partial charge in [-0.1, -0.05) is 152 Å². The second-order valence-corrected chi connectivity index (χ2v) is 10.00. The lowest BCUT2D eigenvalue weighted by Gasteiger charge is -2.31. The highest BCUT2D eigenvalue weighted by Crippen LogP contribution is 2.40. The second-order valence-electron chi connectivity index (χ2n) is 10.00. The molecular formula is C41H60N2. The fourth-order valence-corrected chi connectivity index (χ4v) is 5.57. The van der Waals surface area contributed by atoms with Gasteiger partial charge in [0.05, 0.1) is 12.1 Å². The lowest BCUT2D eigenvalue weighted by molar-refractivity contribution is 0.222. The molecule has 5 rings (SSSR count). The van der Waals surface area contributed by atoms with Crippen molar-refractivity contribution in [2.75, 3.05) is 13.1 Å². The van der Waals surface area contributed by atoms with Gasteiger partial charge in [-0.2, -0.15) is 0 Å². The Bertz CT molecular complexity index is 1170. The minimum absolute atomic E-state index is 0.390. The molecule has 2 aromatic carbocycles. The van der Waals surface area contributed by atoms with E-state index in [0.717, 1.165) is 25.9 Å². The summed E-state index contributed by atoms with van der Waals surface area (Å²) in [5.74, 6) is 0.631. The van der Waals surface area contributed by atoms with Gasteiger partial charge < -0.3 is 5.32 Å². The predicted octanol–water partition coefficient (Wildman–Crippen LogP) is 11.6. The summed E-state index contributed by atoms with van der Waals surface area (Å²) in [5.41, 5.74) is 8.33. The van der Waals surface area contributed by atoms with Crippen LogP contribution in [0, 0.1) is 19.8 Å². The maximum atomic E-state index is 3.44. The number of nitrogens with zero attached hydrogens (tertiary/aromatic N) is 1. The molecule has 0 radical (unpaired) electrons. The number of benzene rings is 2. The summed E-state index contributed by atoms with van der Waals surface area (Å²) in [4.78, 5) is 2.57. The molecule has 3 unspecified atom stereocenters. The van der Waals surface area contributed by atoms with Crippen molar-refractivity contribution in [3.8, 4) is 0 Å². The number of allylic oxidation sites excluding steroid dienone is 8. The van der Waals surface area contributed by atoms with Crippen LogP contribution in [0.25, 0.3) is 0 Å². The number of rotatable bonds is 6. The van der Waals surface area contributed by atoms with Crippen LogP contribution in [0.3, 0.4) is 0 Å². The third-order valence-corrected chi connectivity index (χ3v) is 7.62. The Morgan fingerprint density at radius 2 is 1.30 bits per heavy atom. The molecule has 43 heavy (non-hydrogen) atoms. The molecule has 2 nitrogen and oxygen atoms in total. The van der Waals surface area contributed by atoms with Crippen LogP contribution >= 0.6 is 0 Å². The monoisotopic (exact) mass is 580 g/mol. The summed E-state index contributed by atoms with van der Waals surface area (Å²) in [6.07, 6.45) is 24.5. The van der Waals surface area contributed by atoms with E-state index in [0.29, 0.717) is 18.0 Å². The molecule has 0 saturated carbocycles. The van der Waals surface area contributed by atoms with Crippen molar-refractivity contribution >= 4 is 0 Å². The van der Waals surface area contributed by atoms with E-state index < -0.39 is 0 Å². The van der Waals surface area contributed by atoms with Gasteiger partial charge in [-0.15, -0.1) is 0 Å². The molecule has 0 saturated heterocycles. The lowest BCUT2D eigenvalue weighted by atomic mass is 9.86. The van der Waals surface area contributed by atoms with Crippen LogP contribution in [0.1, 0.15) is 103 Å². The zero-order valence-corrected chi connectivity index (χ0v) is 28.9. The third-order valence-electron chi connectivity index (χ3n) is 7.62. The first kappa shape index (κ1) is 37.7. The fraction of sp³-hybridized carbons (Fsp3) is 0.415. The summed E-state index contributed by atoms with van der Waals surface area (Å²) in [6, 6.07) is 18.2. The number of nitrogens with one attached hydrogen (secondary N) is 1. The molecule has 1 aliphatic carbocycles. The Morgan fingerprint density at radius 3 is 1.77 bits per heavy atom. The van der Waals surface area contributed by atoms with E-state index in [2.05, 4.69) is 147 Å². The predicted molar refractivity (Wildman–Crippen MR) is 193 cm³/mol. The zero-order chi connectivity index (χ0) is 32.0. The molecule has 2 aromatic rings. The Morgan fingerprint density at radius 1 is 0.767 bits per heavy atom. The van der Waals surface area contributed by atoms with E-state index in [9.17, 15) is 0 Å². The summed E-state index contributed by atoms with van der Waals surface area (Å²) in [7, 11) is 0. The largest absolute Gasteiger partial charge is 0.381 e. The van der Waals surface area contributed by atoms with Crippen LogP contribution in [0.5, 0.6) is 0 Å².